The van der Waals surface area contributed by atoms with Gasteiger partial charge in [-0.15, -0.1) is 0 Å². The van der Waals surface area contributed by atoms with Gasteiger partial charge in [0.05, 0.1) is 17.9 Å². The summed E-state index contributed by atoms with van der Waals surface area (Å²) in [5.74, 6) is 0.257. The molecule has 114 valence electrons. The summed E-state index contributed by atoms with van der Waals surface area (Å²) >= 11 is 0. The van der Waals surface area contributed by atoms with Crippen LogP contribution in [0.3, 0.4) is 0 Å². The van der Waals surface area contributed by atoms with Crippen molar-refractivity contribution >= 4 is 17.6 Å². The largest absolute Gasteiger partial charge is 0.462 e. The fourth-order valence-electron chi connectivity index (χ4n) is 2.28. The van der Waals surface area contributed by atoms with Gasteiger partial charge < -0.3 is 15.4 Å². The fourth-order valence-corrected chi connectivity index (χ4v) is 2.28. The molecule has 0 aliphatic carbocycles. The van der Waals surface area contributed by atoms with Crippen molar-refractivity contribution in [3.8, 4) is 0 Å². The lowest BCUT2D eigenvalue weighted by Crippen LogP contribution is -2.40. The number of carbonyl (C=O) groups is 1. The lowest BCUT2D eigenvalue weighted by Gasteiger charge is -2.27. The first-order chi connectivity index (χ1) is 10.2. The summed E-state index contributed by atoms with van der Waals surface area (Å²) in [5, 5.41) is 0. The predicted molar refractivity (Wildman–Crippen MR) is 83.7 cm³/mol. The SMILES string of the molecule is CCCOC(=O)c1ccc(N=C(N)N2CCCCC2)cc1. The van der Waals surface area contributed by atoms with Crippen molar-refractivity contribution < 1.29 is 9.53 Å². The summed E-state index contributed by atoms with van der Waals surface area (Å²) in [7, 11) is 0. The van der Waals surface area contributed by atoms with Crippen molar-refractivity contribution in [1.82, 2.24) is 4.90 Å². The van der Waals surface area contributed by atoms with Crippen LogP contribution in [0.1, 0.15) is 43.0 Å². The summed E-state index contributed by atoms with van der Waals surface area (Å²) in [5.41, 5.74) is 7.32. The van der Waals surface area contributed by atoms with Crippen molar-refractivity contribution in [3.63, 3.8) is 0 Å². The lowest BCUT2D eigenvalue weighted by atomic mass is 10.1. The lowest BCUT2D eigenvalue weighted by molar-refractivity contribution is 0.0505. The van der Waals surface area contributed by atoms with Gasteiger partial charge in [-0.2, -0.15) is 0 Å². The maximum Gasteiger partial charge on any atom is 0.338 e. The molecule has 0 saturated carbocycles. The molecule has 1 aromatic rings. The third-order valence-electron chi connectivity index (χ3n) is 3.46. The van der Waals surface area contributed by atoms with Crippen LogP contribution in [-0.4, -0.2) is 36.5 Å². The van der Waals surface area contributed by atoms with E-state index in [2.05, 4.69) is 9.89 Å². The van der Waals surface area contributed by atoms with Crippen LogP contribution in [0.5, 0.6) is 0 Å². The maximum absolute atomic E-state index is 11.7. The smallest absolute Gasteiger partial charge is 0.338 e. The Morgan fingerprint density at radius 1 is 1.24 bits per heavy atom. The minimum atomic E-state index is -0.295. The predicted octanol–water partition coefficient (Wildman–Crippen LogP) is 2.69. The normalized spacial score (nSPS) is 15.9. The van der Waals surface area contributed by atoms with Crippen LogP contribution in [0.2, 0.25) is 0 Å². The number of ether oxygens (including phenoxy) is 1. The molecule has 5 heteroatoms. The number of rotatable bonds is 4. The molecule has 0 radical (unpaired) electrons. The molecule has 21 heavy (non-hydrogen) atoms. The summed E-state index contributed by atoms with van der Waals surface area (Å²) < 4.78 is 5.09. The van der Waals surface area contributed by atoms with E-state index in [1.54, 1.807) is 24.3 Å². The second-order valence-corrected chi connectivity index (χ2v) is 5.20. The highest BCUT2D eigenvalue weighted by Gasteiger charge is 2.12. The Labute approximate surface area is 125 Å². The topological polar surface area (TPSA) is 67.9 Å². The molecule has 1 saturated heterocycles. The van der Waals surface area contributed by atoms with Gasteiger partial charge in [-0.3, -0.25) is 0 Å². The molecule has 1 heterocycles. The number of aliphatic imine (C=N–C) groups is 1. The Morgan fingerprint density at radius 3 is 2.52 bits per heavy atom. The van der Waals surface area contributed by atoms with Gasteiger partial charge in [-0.05, 0) is 49.9 Å². The van der Waals surface area contributed by atoms with E-state index in [0.29, 0.717) is 18.1 Å². The van der Waals surface area contributed by atoms with Crippen molar-refractivity contribution in [2.75, 3.05) is 19.7 Å². The van der Waals surface area contributed by atoms with Gasteiger partial charge in [0.1, 0.15) is 0 Å². The second kappa shape index (κ2) is 7.67. The van der Waals surface area contributed by atoms with Crippen molar-refractivity contribution in [2.24, 2.45) is 10.7 Å². The van der Waals surface area contributed by atoms with Gasteiger partial charge in [0.25, 0.3) is 0 Å². The van der Waals surface area contributed by atoms with Gasteiger partial charge >= 0.3 is 5.97 Å². The fraction of sp³-hybridized carbons (Fsp3) is 0.500. The molecule has 5 nitrogen and oxygen atoms in total. The molecule has 0 unspecified atom stereocenters. The van der Waals surface area contributed by atoms with Crippen molar-refractivity contribution in [3.05, 3.63) is 29.8 Å². The van der Waals surface area contributed by atoms with E-state index < -0.39 is 0 Å². The van der Waals surface area contributed by atoms with Crippen LogP contribution in [0.4, 0.5) is 5.69 Å². The van der Waals surface area contributed by atoms with Gasteiger partial charge in [-0.25, -0.2) is 9.79 Å². The quantitative estimate of drug-likeness (QED) is 0.525. The third kappa shape index (κ3) is 4.48. The Kier molecular flexibility index (Phi) is 5.60. The molecule has 1 fully saturated rings. The number of guanidine groups is 1. The van der Waals surface area contributed by atoms with Gasteiger partial charge in [0, 0.05) is 13.1 Å². The first kappa shape index (κ1) is 15.4. The van der Waals surface area contributed by atoms with E-state index >= 15 is 0 Å². The van der Waals surface area contributed by atoms with Crippen LogP contribution in [0.15, 0.2) is 29.3 Å². The van der Waals surface area contributed by atoms with E-state index in [-0.39, 0.29) is 5.97 Å². The first-order valence-corrected chi connectivity index (χ1v) is 7.57. The highest BCUT2D eigenvalue weighted by Crippen LogP contribution is 2.15. The average molecular weight is 289 g/mol. The van der Waals surface area contributed by atoms with Crippen LogP contribution in [0, 0.1) is 0 Å². The number of esters is 1. The number of carbonyl (C=O) groups excluding carboxylic acids is 1. The molecule has 0 bridgehead atoms. The highest BCUT2D eigenvalue weighted by molar-refractivity contribution is 5.90. The van der Waals surface area contributed by atoms with Crippen molar-refractivity contribution in [1.29, 1.82) is 0 Å². The van der Waals surface area contributed by atoms with Crippen LogP contribution < -0.4 is 5.73 Å². The van der Waals surface area contributed by atoms with Crippen molar-refractivity contribution in [2.45, 2.75) is 32.6 Å². The zero-order valence-corrected chi connectivity index (χ0v) is 12.5. The monoisotopic (exact) mass is 289 g/mol. The Morgan fingerprint density at radius 2 is 1.90 bits per heavy atom. The molecule has 1 aromatic carbocycles. The van der Waals surface area contributed by atoms with E-state index in [0.717, 1.165) is 25.2 Å². The molecule has 1 aliphatic heterocycles. The summed E-state index contributed by atoms with van der Waals surface area (Å²) in [6.45, 7) is 4.35. The molecule has 0 aromatic heterocycles. The third-order valence-corrected chi connectivity index (χ3v) is 3.46. The number of likely N-dealkylation sites (tertiary alicyclic amines) is 1. The zero-order valence-electron chi connectivity index (χ0n) is 12.5. The minimum Gasteiger partial charge on any atom is -0.462 e. The van der Waals surface area contributed by atoms with Gasteiger partial charge in [-0.1, -0.05) is 6.92 Å². The van der Waals surface area contributed by atoms with E-state index in [4.69, 9.17) is 10.5 Å². The van der Waals surface area contributed by atoms with Crippen LogP contribution >= 0.6 is 0 Å². The van der Waals surface area contributed by atoms with Crippen LogP contribution in [0.25, 0.3) is 0 Å². The minimum absolute atomic E-state index is 0.295. The maximum atomic E-state index is 11.7. The molecular weight excluding hydrogens is 266 g/mol. The second-order valence-electron chi connectivity index (χ2n) is 5.20. The Balaban J connectivity index is 1.99. The molecule has 0 atom stereocenters. The molecule has 1 aliphatic rings. The van der Waals surface area contributed by atoms with Crippen LogP contribution in [-0.2, 0) is 4.74 Å². The first-order valence-electron chi connectivity index (χ1n) is 7.57. The molecular formula is C16H23N3O2. The molecule has 0 spiro atoms. The average Bonchev–Trinajstić information content (AvgIpc) is 2.54. The Bertz CT molecular complexity index is 491. The number of hydrogen-bond donors (Lipinski definition) is 1. The highest BCUT2D eigenvalue weighted by atomic mass is 16.5. The summed E-state index contributed by atoms with van der Waals surface area (Å²) in [6.07, 6.45) is 4.41. The number of nitrogens with zero attached hydrogens (tertiary/aromatic N) is 2. The standard InChI is InChI=1S/C16H23N3O2/c1-2-12-21-15(20)13-6-8-14(9-7-13)18-16(17)19-10-4-3-5-11-19/h6-9H,2-5,10-12H2,1H3,(H2,17,18). The number of piperidine rings is 1. The summed E-state index contributed by atoms with van der Waals surface area (Å²) in [4.78, 5) is 18.2. The number of hydrogen-bond acceptors (Lipinski definition) is 3. The van der Waals surface area contributed by atoms with Gasteiger partial charge in [0.15, 0.2) is 5.96 Å². The number of benzene rings is 1. The summed E-state index contributed by atoms with van der Waals surface area (Å²) in [6, 6.07) is 7.03. The Hall–Kier alpha value is -2.04. The number of nitrogens with two attached hydrogens (primary N) is 1. The van der Waals surface area contributed by atoms with Gasteiger partial charge in [0.2, 0.25) is 0 Å². The van der Waals surface area contributed by atoms with E-state index in [9.17, 15) is 4.79 Å². The molecule has 0 amide bonds. The molecule has 2 N–H and O–H groups in total. The van der Waals surface area contributed by atoms with E-state index in [1.165, 1.54) is 19.3 Å². The zero-order chi connectivity index (χ0) is 15.1. The van der Waals surface area contributed by atoms with E-state index in [1.807, 2.05) is 6.92 Å². The molecule has 2 rings (SSSR count).